The Morgan fingerprint density at radius 1 is 1.20 bits per heavy atom. The molecule has 10 heteroatoms. The summed E-state index contributed by atoms with van der Waals surface area (Å²) in [5.41, 5.74) is -1.52. The quantitative estimate of drug-likeness (QED) is 0.164. The van der Waals surface area contributed by atoms with Crippen LogP contribution in [0.1, 0.15) is 60.3 Å². The molecule has 1 heterocycles. The van der Waals surface area contributed by atoms with Gasteiger partial charge in [0.1, 0.15) is 12.7 Å². The molecule has 0 spiro atoms. The predicted octanol–water partition coefficient (Wildman–Crippen LogP) is 3.41. The van der Waals surface area contributed by atoms with Crippen LogP contribution in [0.25, 0.3) is 0 Å². The smallest absolute Gasteiger partial charge is 0.465 e. The molecule has 1 saturated heterocycles. The zero-order valence-electron chi connectivity index (χ0n) is 18.2. The van der Waals surface area contributed by atoms with Crippen LogP contribution in [0.15, 0.2) is 0 Å². The molecule has 2 atom stereocenters. The van der Waals surface area contributed by atoms with Crippen molar-refractivity contribution in [2.24, 2.45) is 10.8 Å². The SMILES string of the molecule is C#CCCOC(=O)CCCC(=O)[C@@H]1O[P@@](=O)(OCOC(=O)C(C)(C)C)OCC1(C)C. The van der Waals surface area contributed by atoms with Gasteiger partial charge in [-0.05, 0) is 27.2 Å². The van der Waals surface area contributed by atoms with E-state index in [9.17, 15) is 18.9 Å². The monoisotopic (exact) mass is 446 g/mol. The van der Waals surface area contributed by atoms with Crippen molar-refractivity contribution in [1.29, 1.82) is 0 Å². The number of carbonyl (C=O) groups is 3. The van der Waals surface area contributed by atoms with Gasteiger partial charge in [0.05, 0.1) is 12.0 Å². The summed E-state index contributed by atoms with van der Waals surface area (Å²) in [6, 6.07) is 0. The van der Waals surface area contributed by atoms with Crippen LogP contribution in [0, 0.1) is 23.2 Å². The molecule has 0 aromatic heterocycles. The highest BCUT2D eigenvalue weighted by Gasteiger charge is 2.48. The Hall–Kier alpha value is -1.72. The second-order valence-corrected chi connectivity index (χ2v) is 10.2. The van der Waals surface area contributed by atoms with Gasteiger partial charge < -0.3 is 9.47 Å². The molecule has 0 bridgehead atoms. The number of terminal acetylenes is 1. The van der Waals surface area contributed by atoms with E-state index in [1.54, 1.807) is 34.6 Å². The van der Waals surface area contributed by atoms with Crippen molar-refractivity contribution >= 4 is 25.5 Å². The van der Waals surface area contributed by atoms with Gasteiger partial charge in [0, 0.05) is 24.7 Å². The lowest BCUT2D eigenvalue weighted by molar-refractivity contribution is -0.163. The van der Waals surface area contributed by atoms with E-state index < -0.39 is 43.5 Å². The number of rotatable bonds is 10. The molecule has 0 radical (unpaired) electrons. The first-order chi connectivity index (χ1) is 13.8. The largest absolute Gasteiger partial charge is 0.478 e. The summed E-state index contributed by atoms with van der Waals surface area (Å²) in [7, 11) is -4.09. The number of esters is 2. The highest BCUT2D eigenvalue weighted by molar-refractivity contribution is 7.48. The van der Waals surface area contributed by atoms with E-state index in [0.29, 0.717) is 6.42 Å². The maximum atomic E-state index is 12.7. The van der Waals surface area contributed by atoms with Gasteiger partial charge in [0.2, 0.25) is 6.79 Å². The van der Waals surface area contributed by atoms with Crippen molar-refractivity contribution in [3.63, 3.8) is 0 Å². The second-order valence-electron chi connectivity index (χ2n) is 8.62. The molecule has 0 aliphatic carbocycles. The fourth-order valence-electron chi connectivity index (χ4n) is 2.38. The summed E-state index contributed by atoms with van der Waals surface area (Å²) < 4.78 is 38.2. The summed E-state index contributed by atoms with van der Waals surface area (Å²) in [6.45, 7) is 7.90. The van der Waals surface area contributed by atoms with E-state index >= 15 is 0 Å². The minimum absolute atomic E-state index is 0.0251. The fraction of sp³-hybridized carbons (Fsp3) is 0.750. The Balaban J connectivity index is 2.57. The molecule has 1 aliphatic rings. The Bertz CT molecular complexity index is 715. The Morgan fingerprint density at radius 2 is 1.87 bits per heavy atom. The van der Waals surface area contributed by atoms with Crippen LogP contribution in [0.5, 0.6) is 0 Å². The molecule has 9 nitrogen and oxygen atoms in total. The highest BCUT2D eigenvalue weighted by atomic mass is 31.2. The van der Waals surface area contributed by atoms with Crippen LogP contribution in [0.2, 0.25) is 0 Å². The predicted molar refractivity (Wildman–Crippen MR) is 107 cm³/mol. The molecular formula is C20H31O9P. The van der Waals surface area contributed by atoms with Crippen molar-refractivity contribution in [1.82, 2.24) is 0 Å². The number of phosphoric ester groups is 1. The summed E-state index contributed by atoms with van der Waals surface area (Å²) in [5, 5.41) is 0. The lowest BCUT2D eigenvalue weighted by atomic mass is 9.84. The maximum absolute atomic E-state index is 12.7. The van der Waals surface area contributed by atoms with E-state index in [1.807, 2.05) is 0 Å². The van der Waals surface area contributed by atoms with Gasteiger partial charge in [0.15, 0.2) is 5.78 Å². The van der Waals surface area contributed by atoms with Gasteiger partial charge >= 0.3 is 19.8 Å². The van der Waals surface area contributed by atoms with Gasteiger partial charge in [0.25, 0.3) is 0 Å². The lowest BCUT2D eigenvalue weighted by Gasteiger charge is -2.39. The van der Waals surface area contributed by atoms with Crippen molar-refractivity contribution in [3.8, 4) is 12.3 Å². The molecule has 0 N–H and O–H groups in total. The number of hydrogen-bond donors (Lipinski definition) is 0. The van der Waals surface area contributed by atoms with Crippen LogP contribution < -0.4 is 0 Å². The number of ketones is 1. The summed E-state index contributed by atoms with van der Waals surface area (Å²) in [4.78, 5) is 36.0. The first-order valence-corrected chi connectivity index (χ1v) is 11.1. The van der Waals surface area contributed by atoms with Crippen molar-refractivity contribution in [2.45, 2.75) is 66.4 Å². The molecule has 0 unspecified atom stereocenters. The van der Waals surface area contributed by atoms with Crippen molar-refractivity contribution < 1.29 is 42.0 Å². The third kappa shape index (κ3) is 8.57. The Morgan fingerprint density at radius 3 is 2.47 bits per heavy atom. The van der Waals surface area contributed by atoms with Crippen molar-refractivity contribution in [2.75, 3.05) is 20.0 Å². The Labute approximate surface area is 177 Å². The molecule has 0 aromatic rings. The Kier molecular flexibility index (Phi) is 9.70. The average Bonchev–Trinajstić information content (AvgIpc) is 2.63. The second kappa shape index (κ2) is 11.1. The number of Topliss-reactive ketones (excluding diaryl/α,β-unsaturated/α-hetero) is 1. The molecule has 170 valence electrons. The number of carbonyl (C=O) groups excluding carboxylic acids is 3. The third-order valence-electron chi connectivity index (χ3n) is 4.16. The van der Waals surface area contributed by atoms with Crippen LogP contribution in [-0.4, -0.2) is 43.8 Å². The zero-order chi connectivity index (χ0) is 23.0. The van der Waals surface area contributed by atoms with Gasteiger partial charge in [-0.2, -0.15) is 0 Å². The van der Waals surface area contributed by atoms with E-state index in [4.69, 9.17) is 29.5 Å². The molecule has 0 amide bonds. The van der Waals surface area contributed by atoms with Gasteiger partial charge in [-0.1, -0.05) is 13.8 Å². The summed E-state index contributed by atoms with van der Waals surface area (Å²) >= 11 is 0. The lowest BCUT2D eigenvalue weighted by Crippen LogP contribution is -2.45. The van der Waals surface area contributed by atoms with E-state index in [0.717, 1.165) is 0 Å². The van der Waals surface area contributed by atoms with E-state index in [-0.39, 0.29) is 38.3 Å². The van der Waals surface area contributed by atoms with Gasteiger partial charge in [-0.3, -0.25) is 23.4 Å². The minimum atomic E-state index is -4.09. The summed E-state index contributed by atoms with van der Waals surface area (Å²) in [5.74, 6) is 1.03. The van der Waals surface area contributed by atoms with Crippen LogP contribution >= 0.6 is 7.82 Å². The third-order valence-corrected chi connectivity index (χ3v) is 5.49. The van der Waals surface area contributed by atoms with Crippen LogP contribution in [-0.2, 0) is 42.0 Å². The van der Waals surface area contributed by atoms with Crippen LogP contribution in [0.3, 0.4) is 0 Å². The van der Waals surface area contributed by atoms with Gasteiger partial charge in [-0.15, -0.1) is 12.3 Å². The summed E-state index contributed by atoms with van der Waals surface area (Å²) in [6.07, 6.45) is 4.67. The standard InChI is InChI=1S/C20H31O9P/c1-7-8-12-25-16(22)11-9-10-15(21)17-20(5,6)13-27-30(24,29-17)28-14-26-18(23)19(2,3)4/h1,17H,8-14H2,2-6H3/t17-,30+/m0/s1. The molecular weight excluding hydrogens is 415 g/mol. The zero-order valence-corrected chi connectivity index (χ0v) is 19.1. The number of hydrogen-bond acceptors (Lipinski definition) is 9. The normalized spacial score (nSPS) is 23.3. The average molecular weight is 446 g/mol. The molecule has 30 heavy (non-hydrogen) atoms. The van der Waals surface area contributed by atoms with E-state index in [2.05, 4.69) is 5.92 Å². The topological polar surface area (TPSA) is 114 Å². The number of ether oxygens (including phenoxy) is 2. The molecule has 0 aromatic carbocycles. The minimum Gasteiger partial charge on any atom is -0.465 e. The molecule has 1 aliphatic heterocycles. The van der Waals surface area contributed by atoms with Crippen molar-refractivity contribution in [3.05, 3.63) is 0 Å². The molecule has 1 rings (SSSR count). The van der Waals surface area contributed by atoms with Gasteiger partial charge in [-0.25, -0.2) is 9.09 Å². The van der Waals surface area contributed by atoms with E-state index in [1.165, 1.54) is 0 Å². The molecule has 0 saturated carbocycles. The maximum Gasteiger partial charge on any atom is 0.478 e. The van der Waals surface area contributed by atoms with Crippen LogP contribution in [0.4, 0.5) is 0 Å². The first-order valence-electron chi connectivity index (χ1n) is 9.67. The molecule has 1 fully saturated rings. The fourth-order valence-corrected chi connectivity index (χ4v) is 3.91. The first kappa shape index (κ1) is 26.3. The highest BCUT2D eigenvalue weighted by Crippen LogP contribution is 2.57. The number of phosphoric acid groups is 1.